The fourth-order valence-corrected chi connectivity index (χ4v) is 4.25. The van der Waals surface area contributed by atoms with Crippen molar-refractivity contribution in [1.82, 2.24) is 20.6 Å². The van der Waals surface area contributed by atoms with Gasteiger partial charge in [0.1, 0.15) is 29.5 Å². The molecule has 3 N–H and O–H groups in total. The van der Waals surface area contributed by atoms with Crippen LogP contribution in [0.2, 0.25) is 0 Å². The minimum Gasteiger partial charge on any atom is -0.496 e. The molecule has 2 fully saturated rings. The minimum absolute atomic E-state index is 0.0498. The van der Waals surface area contributed by atoms with E-state index in [0.29, 0.717) is 23.0 Å². The minimum atomic E-state index is -2.67. The molecule has 2 heterocycles. The number of alkyl halides is 2. The summed E-state index contributed by atoms with van der Waals surface area (Å²) < 4.78 is 36.7. The Morgan fingerprint density at radius 3 is 2.63 bits per heavy atom. The van der Waals surface area contributed by atoms with Gasteiger partial charge in [-0.3, -0.25) is 4.79 Å². The van der Waals surface area contributed by atoms with Gasteiger partial charge in [0.2, 0.25) is 0 Å². The Morgan fingerprint density at radius 2 is 1.97 bits per heavy atom. The van der Waals surface area contributed by atoms with Crippen LogP contribution in [0.3, 0.4) is 0 Å². The monoisotopic (exact) mass is 486 g/mol. The van der Waals surface area contributed by atoms with Gasteiger partial charge in [0, 0.05) is 11.6 Å². The maximum atomic E-state index is 12.9. The number of allylic oxidation sites excluding steroid dienone is 3. The zero-order valence-electron chi connectivity index (χ0n) is 20.1. The number of rotatable bonds is 10. The van der Waals surface area contributed by atoms with Crippen LogP contribution in [0.1, 0.15) is 48.8 Å². The fraction of sp³-hybridized carbons (Fsp3) is 0.462. The van der Waals surface area contributed by atoms with Gasteiger partial charge in [0.25, 0.3) is 12.3 Å². The molecule has 0 bridgehead atoms. The van der Waals surface area contributed by atoms with E-state index in [4.69, 9.17) is 9.47 Å². The number of aromatic amines is 1. The van der Waals surface area contributed by atoms with Crippen molar-refractivity contribution in [3.05, 3.63) is 47.4 Å². The van der Waals surface area contributed by atoms with E-state index in [0.717, 1.165) is 38.8 Å². The van der Waals surface area contributed by atoms with Crippen molar-refractivity contribution in [3.8, 4) is 22.8 Å². The molecule has 188 valence electrons. The smallest absolute Gasteiger partial charge is 0.272 e. The van der Waals surface area contributed by atoms with E-state index in [1.54, 1.807) is 18.3 Å². The third-order valence-corrected chi connectivity index (χ3v) is 6.17. The number of aromatic nitrogens is 2. The summed E-state index contributed by atoms with van der Waals surface area (Å²) >= 11 is 0. The Kier molecular flexibility index (Phi) is 8.17. The first-order chi connectivity index (χ1) is 17.0. The Balaban J connectivity index is 1.66. The average Bonchev–Trinajstić information content (AvgIpc) is 3.55. The molecule has 1 saturated heterocycles. The number of hydrogen-bond donors (Lipinski definition) is 3. The van der Waals surface area contributed by atoms with E-state index >= 15 is 0 Å². The van der Waals surface area contributed by atoms with Crippen LogP contribution in [0.5, 0.6) is 11.5 Å². The standard InChI is InChI=1S/C26H32F2N4O3/c1-3-4-17(16-7-9-29-10-8-16)13-24-30-14-20(32-24)18-11-21(34-2)25(26(33)31-19-5-6-19)22(12-18)35-15-23(27)28/h3-4,11-14,16,19,23,29H,5-10,15H2,1-2H3,(H,30,32)(H,31,33)/b4-3-,17-13+. The predicted octanol–water partition coefficient (Wildman–Crippen LogP) is 4.58. The summed E-state index contributed by atoms with van der Waals surface area (Å²) in [6.45, 7) is 3.16. The first-order valence-electron chi connectivity index (χ1n) is 12.0. The third kappa shape index (κ3) is 6.48. The van der Waals surface area contributed by atoms with E-state index < -0.39 is 18.9 Å². The van der Waals surface area contributed by atoms with Gasteiger partial charge in [0.15, 0.2) is 0 Å². The van der Waals surface area contributed by atoms with Crippen molar-refractivity contribution in [3.63, 3.8) is 0 Å². The van der Waals surface area contributed by atoms with E-state index in [1.165, 1.54) is 12.7 Å². The zero-order valence-corrected chi connectivity index (χ0v) is 20.1. The number of hydrogen-bond acceptors (Lipinski definition) is 5. The van der Waals surface area contributed by atoms with Gasteiger partial charge in [-0.15, -0.1) is 0 Å². The second-order valence-electron chi connectivity index (χ2n) is 8.85. The van der Waals surface area contributed by atoms with E-state index in [-0.39, 0.29) is 23.1 Å². The molecule has 1 saturated carbocycles. The summed E-state index contributed by atoms with van der Waals surface area (Å²) in [4.78, 5) is 20.6. The summed E-state index contributed by atoms with van der Waals surface area (Å²) in [7, 11) is 1.44. The quantitative estimate of drug-likeness (QED) is 0.428. The highest BCUT2D eigenvalue weighted by atomic mass is 19.3. The van der Waals surface area contributed by atoms with Crippen LogP contribution in [0, 0.1) is 5.92 Å². The number of H-pyrrole nitrogens is 1. The van der Waals surface area contributed by atoms with Crippen molar-refractivity contribution in [2.45, 2.75) is 45.1 Å². The normalized spacial score (nSPS) is 17.2. The molecule has 7 nitrogen and oxygen atoms in total. The number of amides is 1. The van der Waals surface area contributed by atoms with Crippen molar-refractivity contribution in [2.24, 2.45) is 5.92 Å². The lowest BCUT2D eigenvalue weighted by Crippen LogP contribution is -2.28. The van der Waals surface area contributed by atoms with Gasteiger partial charge in [0.05, 0.1) is 19.0 Å². The molecule has 0 radical (unpaired) electrons. The number of benzene rings is 1. The molecule has 2 aromatic rings. The van der Waals surface area contributed by atoms with Crippen LogP contribution >= 0.6 is 0 Å². The molecule has 1 aliphatic carbocycles. The van der Waals surface area contributed by atoms with Gasteiger partial charge in [-0.05, 0) is 75.4 Å². The first kappa shape index (κ1) is 24.9. The van der Waals surface area contributed by atoms with Gasteiger partial charge in [-0.25, -0.2) is 13.8 Å². The average molecular weight is 487 g/mol. The number of ether oxygens (including phenoxy) is 2. The largest absolute Gasteiger partial charge is 0.496 e. The van der Waals surface area contributed by atoms with Gasteiger partial charge in [-0.2, -0.15) is 0 Å². The number of methoxy groups -OCH3 is 1. The molecule has 0 spiro atoms. The van der Waals surface area contributed by atoms with Crippen molar-refractivity contribution in [1.29, 1.82) is 0 Å². The summed E-state index contributed by atoms with van der Waals surface area (Å²) in [6, 6.07) is 3.37. The topological polar surface area (TPSA) is 88.3 Å². The lowest BCUT2D eigenvalue weighted by molar-refractivity contribution is 0.0792. The van der Waals surface area contributed by atoms with Crippen LogP contribution in [0.15, 0.2) is 36.1 Å². The van der Waals surface area contributed by atoms with Gasteiger partial charge in [-0.1, -0.05) is 12.2 Å². The molecule has 0 unspecified atom stereocenters. The number of halogens is 2. The zero-order chi connectivity index (χ0) is 24.8. The Hall–Kier alpha value is -3.20. The third-order valence-electron chi connectivity index (χ3n) is 6.17. The molecule has 1 aliphatic heterocycles. The summed E-state index contributed by atoms with van der Waals surface area (Å²) in [5, 5.41) is 6.26. The van der Waals surface area contributed by atoms with Crippen molar-refractivity contribution < 1.29 is 23.0 Å². The number of piperidine rings is 1. The van der Waals surface area contributed by atoms with Crippen LogP contribution < -0.4 is 20.1 Å². The second kappa shape index (κ2) is 11.5. The highest BCUT2D eigenvalue weighted by molar-refractivity contribution is 6.01. The fourth-order valence-electron chi connectivity index (χ4n) is 4.25. The van der Waals surface area contributed by atoms with Crippen LogP contribution in [0.25, 0.3) is 17.3 Å². The van der Waals surface area contributed by atoms with Crippen LogP contribution in [0.4, 0.5) is 8.78 Å². The molecule has 4 rings (SSSR count). The summed E-state index contributed by atoms with van der Waals surface area (Å²) in [5.41, 5.74) is 2.61. The summed E-state index contributed by atoms with van der Waals surface area (Å²) in [5.74, 6) is 1.05. The molecule has 2 aliphatic rings. The summed E-state index contributed by atoms with van der Waals surface area (Å²) in [6.07, 6.45) is 9.12. The highest BCUT2D eigenvalue weighted by Crippen LogP contribution is 2.36. The Morgan fingerprint density at radius 1 is 1.23 bits per heavy atom. The molecule has 35 heavy (non-hydrogen) atoms. The number of nitrogens with one attached hydrogen (secondary N) is 3. The Bertz CT molecular complexity index is 1090. The lowest BCUT2D eigenvalue weighted by Gasteiger charge is -2.23. The maximum absolute atomic E-state index is 12.9. The number of carbonyl (C=O) groups is 1. The molecule has 1 aromatic carbocycles. The van der Waals surface area contributed by atoms with Crippen molar-refractivity contribution >= 4 is 12.0 Å². The van der Waals surface area contributed by atoms with Crippen LogP contribution in [-0.4, -0.2) is 55.1 Å². The molecule has 9 heteroatoms. The number of imidazole rings is 1. The molecular formula is C26H32F2N4O3. The SMILES string of the molecule is C/C=C\C(=C/c1ncc(-c2cc(OC)c(C(=O)NC3CC3)c(OCC(F)F)c2)[nH]1)C1CCNCC1. The second-order valence-corrected chi connectivity index (χ2v) is 8.85. The lowest BCUT2D eigenvalue weighted by atomic mass is 9.89. The van der Waals surface area contributed by atoms with Crippen LogP contribution in [-0.2, 0) is 0 Å². The van der Waals surface area contributed by atoms with E-state index in [1.807, 2.05) is 19.1 Å². The maximum Gasteiger partial charge on any atom is 0.272 e. The van der Waals surface area contributed by atoms with Gasteiger partial charge >= 0.3 is 0 Å². The van der Waals surface area contributed by atoms with Gasteiger partial charge < -0.3 is 25.1 Å². The highest BCUT2D eigenvalue weighted by Gasteiger charge is 2.28. The number of carbonyl (C=O) groups excluding carboxylic acids is 1. The molecule has 1 amide bonds. The number of nitrogens with zero attached hydrogens (tertiary/aromatic N) is 1. The first-order valence-corrected chi connectivity index (χ1v) is 12.0. The molecular weight excluding hydrogens is 454 g/mol. The molecule has 1 aromatic heterocycles. The van der Waals surface area contributed by atoms with E-state index in [2.05, 4.69) is 26.7 Å². The molecule has 0 atom stereocenters. The van der Waals surface area contributed by atoms with Crippen molar-refractivity contribution in [2.75, 3.05) is 26.8 Å². The Labute approximate surface area is 204 Å². The predicted molar refractivity (Wildman–Crippen MR) is 131 cm³/mol. The van der Waals surface area contributed by atoms with E-state index in [9.17, 15) is 13.6 Å².